The fourth-order valence-corrected chi connectivity index (χ4v) is 2.74. The molecule has 0 radical (unpaired) electrons. The molecule has 0 atom stereocenters. The molecule has 2 heterocycles. The summed E-state index contributed by atoms with van der Waals surface area (Å²) in [6.07, 6.45) is 1.37. The SMILES string of the molecule is Cc1cc(C)n(-c2cc(NC(=O)c3ccc(Cl)cc3Cl)ncn2)n1. The lowest BCUT2D eigenvalue weighted by molar-refractivity contribution is 0.102. The van der Waals surface area contributed by atoms with Crippen LogP contribution in [-0.4, -0.2) is 25.7 Å². The van der Waals surface area contributed by atoms with E-state index < -0.39 is 0 Å². The fourth-order valence-electron chi connectivity index (χ4n) is 2.25. The molecule has 0 aliphatic heterocycles. The third-order valence-corrected chi connectivity index (χ3v) is 3.84. The topological polar surface area (TPSA) is 72.7 Å². The van der Waals surface area contributed by atoms with E-state index in [1.807, 2.05) is 19.9 Å². The molecular weight excluding hydrogens is 349 g/mol. The van der Waals surface area contributed by atoms with Crippen molar-refractivity contribution >= 4 is 34.9 Å². The van der Waals surface area contributed by atoms with Gasteiger partial charge in [-0.3, -0.25) is 4.79 Å². The van der Waals surface area contributed by atoms with Gasteiger partial charge in [0.25, 0.3) is 5.91 Å². The lowest BCUT2D eigenvalue weighted by Gasteiger charge is -2.08. The molecule has 0 saturated heterocycles. The minimum Gasteiger partial charge on any atom is -0.306 e. The largest absolute Gasteiger partial charge is 0.306 e. The summed E-state index contributed by atoms with van der Waals surface area (Å²) >= 11 is 11.9. The van der Waals surface area contributed by atoms with Gasteiger partial charge in [0.05, 0.1) is 16.3 Å². The molecule has 3 rings (SSSR count). The highest BCUT2D eigenvalue weighted by molar-refractivity contribution is 6.37. The lowest BCUT2D eigenvalue weighted by atomic mass is 10.2. The smallest absolute Gasteiger partial charge is 0.258 e. The summed E-state index contributed by atoms with van der Waals surface area (Å²) in [7, 11) is 0. The van der Waals surface area contributed by atoms with Gasteiger partial charge in [0.1, 0.15) is 12.1 Å². The first-order valence-electron chi connectivity index (χ1n) is 7.06. The molecule has 1 amide bonds. The van der Waals surface area contributed by atoms with Crippen molar-refractivity contribution in [2.45, 2.75) is 13.8 Å². The van der Waals surface area contributed by atoms with Crippen LogP contribution in [0.25, 0.3) is 5.82 Å². The van der Waals surface area contributed by atoms with Crippen LogP contribution in [0, 0.1) is 13.8 Å². The Balaban J connectivity index is 1.87. The number of hydrogen-bond acceptors (Lipinski definition) is 4. The Morgan fingerprint density at radius 3 is 2.58 bits per heavy atom. The van der Waals surface area contributed by atoms with Gasteiger partial charge in [0.2, 0.25) is 0 Å². The molecular formula is C16H13Cl2N5O. The van der Waals surface area contributed by atoms with Crippen LogP contribution in [0.4, 0.5) is 5.82 Å². The monoisotopic (exact) mass is 361 g/mol. The second-order valence-corrected chi connectivity index (χ2v) is 6.02. The Morgan fingerprint density at radius 1 is 1.12 bits per heavy atom. The molecule has 0 saturated carbocycles. The predicted molar refractivity (Wildman–Crippen MR) is 93.0 cm³/mol. The van der Waals surface area contributed by atoms with Crippen LogP contribution in [0.1, 0.15) is 21.7 Å². The molecule has 0 bridgehead atoms. The molecule has 0 aliphatic rings. The molecule has 0 spiro atoms. The quantitative estimate of drug-likeness (QED) is 0.768. The van der Waals surface area contributed by atoms with Gasteiger partial charge in [0, 0.05) is 16.8 Å². The number of carbonyl (C=O) groups is 1. The highest BCUT2D eigenvalue weighted by atomic mass is 35.5. The average molecular weight is 362 g/mol. The zero-order valence-electron chi connectivity index (χ0n) is 12.9. The van der Waals surface area contributed by atoms with Gasteiger partial charge >= 0.3 is 0 Å². The first-order chi connectivity index (χ1) is 11.4. The normalized spacial score (nSPS) is 10.7. The third-order valence-electron chi connectivity index (χ3n) is 3.30. The van der Waals surface area contributed by atoms with Crippen molar-refractivity contribution < 1.29 is 4.79 Å². The minimum atomic E-state index is -0.380. The van der Waals surface area contributed by atoms with Gasteiger partial charge in [-0.05, 0) is 38.1 Å². The first-order valence-corrected chi connectivity index (χ1v) is 7.82. The molecule has 1 N–H and O–H groups in total. The van der Waals surface area contributed by atoms with Crippen LogP contribution in [0.3, 0.4) is 0 Å². The summed E-state index contributed by atoms with van der Waals surface area (Å²) in [5, 5.41) is 7.79. The summed E-state index contributed by atoms with van der Waals surface area (Å²) in [6.45, 7) is 3.82. The molecule has 0 fully saturated rings. The van der Waals surface area contributed by atoms with Gasteiger partial charge in [-0.2, -0.15) is 5.10 Å². The molecule has 3 aromatic rings. The van der Waals surface area contributed by atoms with Crippen molar-refractivity contribution in [3.63, 3.8) is 0 Å². The van der Waals surface area contributed by atoms with E-state index in [1.165, 1.54) is 12.4 Å². The van der Waals surface area contributed by atoms with E-state index in [1.54, 1.807) is 22.9 Å². The zero-order valence-corrected chi connectivity index (χ0v) is 14.4. The number of nitrogens with one attached hydrogen (secondary N) is 1. The summed E-state index contributed by atoms with van der Waals surface area (Å²) in [5.41, 5.74) is 2.13. The number of halogens is 2. The molecule has 122 valence electrons. The standard InChI is InChI=1S/C16H13Cl2N5O/c1-9-5-10(2)23(22-9)15-7-14(19-8-20-15)21-16(24)12-4-3-11(17)6-13(12)18/h3-8H,1-2H3,(H,19,20,21,24). The second kappa shape index (κ2) is 6.59. The fraction of sp³-hybridized carbons (Fsp3) is 0.125. The molecule has 24 heavy (non-hydrogen) atoms. The number of aromatic nitrogens is 4. The summed E-state index contributed by atoms with van der Waals surface area (Å²) in [6, 6.07) is 8.25. The van der Waals surface area contributed by atoms with Crippen LogP contribution in [0.5, 0.6) is 0 Å². The maximum absolute atomic E-state index is 12.3. The number of nitrogens with zero attached hydrogens (tertiary/aromatic N) is 4. The number of aryl methyl sites for hydroxylation is 2. The highest BCUT2D eigenvalue weighted by Gasteiger charge is 2.13. The predicted octanol–water partition coefficient (Wildman–Crippen LogP) is 3.84. The summed E-state index contributed by atoms with van der Waals surface area (Å²) in [5.74, 6) is 0.534. The minimum absolute atomic E-state index is 0.271. The van der Waals surface area contributed by atoms with E-state index in [-0.39, 0.29) is 10.9 Å². The van der Waals surface area contributed by atoms with Gasteiger partial charge in [-0.1, -0.05) is 23.2 Å². The van der Waals surface area contributed by atoms with Gasteiger partial charge in [-0.25, -0.2) is 14.6 Å². The van der Waals surface area contributed by atoms with Crippen molar-refractivity contribution in [1.29, 1.82) is 0 Å². The Hall–Kier alpha value is -2.44. The maximum atomic E-state index is 12.3. The number of hydrogen-bond donors (Lipinski definition) is 1. The first kappa shape index (κ1) is 16.4. The van der Waals surface area contributed by atoms with Crippen LogP contribution < -0.4 is 5.32 Å². The van der Waals surface area contributed by atoms with Crippen molar-refractivity contribution in [2.75, 3.05) is 5.32 Å². The zero-order chi connectivity index (χ0) is 17.3. The van der Waals surface area contributed by atoms with Crippen molar-refractivity contribution in [3.8, 4) is 5.82 Å². The molecule has 1 aromatic carbocycles. The van der Waals surface area contributed by atoms with Crippen LogP contribution in [0.2, 0.25) is 10.0 Å². The molecule has 8 heteroatoms. The Morgan fingerprint density at radius 2 is 1.92 bits per heavy atom. The van der Waals surface area contributed by atoms with E-state index in [4.69, 9.17) is 23.2 Å². The molecule has 2 aromatic heterocycles. The number of amides is 1. The number of benzene rings is 1. The van der Waals surface area contributed by atoms with Crippen molar-refractivity contribution in [1.82, 2.24) is 19.7 Å². The maximum Gasteiger partial charge on any atom is 0.258 e. The van der Waals surface area contributed by atoms with E-state index in [2.05, 4.69) is 20.4 Å². The van der Waals surface area contributed by atoms with E-state index >= 15 is 0 Å². The van der Waals surface area contributed by atoms with Crippen LogP contribution in [0.15, 0.2) is 36.7 Å². The lowest BCUT2D eigenvalue weighted by Crippen LogP contribution is -2.14. The van der Waals surface area contributed by atoms with E-state index in [0.717, 1.165) is 11.4 Å². The summed E-state index contributed by atoms with van der Waals surface area (Å²) in [4.78, 5) is 20.6. The molecule has 0 aliphatic carbocycles. The van der Waals surface area contributed by atoms with Crippen molar-refractivity contribution in [2.24, 2.45) is 0 Å². The number of rotatable bonds is 3. The second-order valence-electron chi connectivity index (χ2n) is 5.18. The van der Waals surface area contributed by atoms with E-state index in [9.17, 15) is 4.79 Å². The van der Waals surface area contributed by atoms with Crippen LogP contribution >= 0.6 is 23.2 Å². The Kier molecular flexibility index (Phi) is 4.51. The highest BCUT2D eigenvalue weighted by Crippen LogP contribution is 2.22. The Labute approximate surface area is 148 Å². The van der Waals surface area contributed by atoms with Crippen molar-refractivity contribution in [3.05, 3.63) is 63.7 Å². The molecule has 0 unspecified atom stereocenters. The number of anilines is 1. The summed E-state index contributed by atoms with van der Waals surface area (Å²) < 4.78 is 1.68. The number of carbonyl (C=O) groups excluding carboxylic acids is 1. The van der Waals surface area contributed by atoms with Gasteiger partial charge < -0.3 is 5.32 Å². The molecule has 6 nitrogen and oxygen atoms in total. The third kappa shape index (κ3) is 3.39. The van der Waals surface area contributed by atoms with Gasteiger partial charge in [-0.15, -0.1) is 0 Å². The van der Waals surface area contributed by atoms with Gasteiger partial charge in [0.15, 0.2) is 5.82 Å². The Bertz CT molecular complexity index is 923. The van der Waals surface area contributed by atoms with E-state index in [0.29, 0.717) is 22.2 Å². The average Bonchev–Trinajstić information content (AvgIpc) is 2.86. The van der Waals surface area contributed by atoms with Crippen LogP contribution in [-0.2, 0) is 0 Å².